The number of hydrogen-bond donors (Lipinski definition) is 1. The average molecular weight is 456 g/mol. The van der Waals surface area contributed by atoms with E-state index in [-0.39, 0.29) is 11.9 Å². The van der Waals surface area contributed by atoms with E-state index in [4.69, 9.17) is 34.8 Å². The molecule has 0 saturated carbocycles. The molecule has 1 N–H and O–H groups in total. The lowest BCUT2D eigenvalue weighted by Crippen LogP contribution is -2.40. The summed E-state index contributed by atoms with van der Waals surface area (Å²) in [5.41, 5.74) is 4.83. The molecule has 1 unspecified atom stereocenters. The number of nitrogens with one attached hydrogen (secondary N) is 1. The molecule has 2 heterocycles. The Hall–Kier alpha value is -2.46. The van der Waals surface area contributed by atoms with E-state index in [2.05, 4.69) is 17.1 Å². The van der Waals surface area contributed by atoms with Crippen LogP contribution in [-0.4, -0.2) is 22.3 Å². The molecule has 0 aliphatic carbocycles. The molecule has 1 aliphatic rings. The number of carbonyl (C=O) groups excluding carboxylic acids is 1. The fraction of sp³-hybridized carbons (Fsp3) is 0.125. The molecule has 0 radical (unpaired) electrons. The van der Waals surface area contributed by atoms with Crippen LogP contribution in [0.1, 0.15) is 33.2 Å². The molecule has 0 bridgehead atoms. The Morgan fingerprint density at radius 3 is 2.47 bits per heavy atom. The molecule has 3 nitrogen and oxygen atoms in total. The summed E-state index contributed by atoms with van der Waals surface area (Å²) in [6.07, 6.45) is 0.774. The lowest BCUT2D eigenvalue weighted by Gasteiger charge is -2.36. The van der Waals surface area contributed by atoms with Crippen molar-refractivity contribution in [2.75, 3.05) is 6.54 Å². The maximum atomic E-state index is 13.5. The minimum Gasteiger partial charge on any atom is -0.356 e. The molecule has 30 heavy (non-hydrogen) atoms. The molecule has 4 aromatic rings. The number of fused-ring (bicyclic) bond motifs is 3. The predicted molar refractivity (Wildman–Crippen MR) is 123 cm³/mol. The monoisotopic (exact) mass is 454 g/mol. The molecular formula is C24H17Cl3N2O. The normalized spacial score (nSPS) is 16.0. The molecule has 5 rings (SSSR count). The molecule has 0 saturated heterocycles. The molecule has 0 fully saturated rings. The first-order chi connectivity index (χ1) is 14.5. The molecule has 1 aromatic heterocycles. The summed E-state index contributed by atoms with van der Waals surface area (Å²) < 4.78 is 0. The fourth-order valence-electron chi connectivity index (χ4n) is 4.25. The van der Waals surface area contributed by atoms with Crippen molar-refractivity contribution in [1.29, 1.82) is 0 Å². The zero-order valence-electron chi connectivity index (χ0n) is 15.8. The SMILES string of the molecule is O=C(c1ccc(Cl)cc1)N1CCc2c([nH]c3ccccc23)C1c1ccc(Cl)c(Cl)c1. The van der Waals surface area contributed by atoms with E-state index < -0.39 is 0 Å². The van der Waals surface area contributed by atoms with Gasteiger partial charge in [-0.3, -0.25) is 4.79 Å². The highest BCUT2D eigenvalue weighted by molar-refractivity contribution is 6.42. The number of amides is 1. The molecule has 0 spiro atoms. The third-order valence-corrected chi connectivity index (χ3v) is 6.64. The van der Waals surface area contributed by atoms with Crippen LogP contribution in [0.2, 0.25) is 15.1 Å². The Kier molecular flexibility index (Phi) is 4.98. The summed E-state index contributed by atoms with van der Waals surface area (Å²) >= 11 is 18.5. The fourth-order valence-corrected chi connectivity index (χ4v) is 4.68. The van der Waals surface area contributed by atoms with Crippen molar-refractivity contribution in [2.45, 2.75) is 12.5 Å². The number of nitrogens with zero attached hydrogens (tertiary/aromatic N) is 1. The second kappa shape index (κ2) is 7.66. The lowest BCUT2D eigenvalue weighted by atomic mass is 9.91. The van der Waals surface area contributed by atoms with Gasteiger partial charge in [0.15, 0.2) is 0 Å². The summed E-state index contributed by atoms with van der Waals surface area (Å²) in [4.78, 5) is 18.9. The first kappa shape index (κ1) is 19.5. The van der Waals surface area contributed by atoms with Crippen LogP contribution in [0, 0.1) is 0 Å². The van der Waals surface area contributed by atoms with E-state index in [0.29, 0.717) is 27.2 Å². The van der Waals surface area contributed by atoms with Gasteiger partial charge in [0.1, 0.15) is 0 Å². The minimum atomic E-state index is -0.293. The van der Waals surface area contributed by atoms with Crippen molar-refractivity contribution < 1.29 is 4.79 Å². The van der Waals surface area contributed by atoms with Gasteiger partial charge in [0, 0.05) is 33.7 Å². The van der Waals surface area contributed by atoms with E-state index in [9.17, 15) is 4.79 Å². The summed E-state index contributed by atoms with van der Waals surface area (Å²) in [5, 5.41) is 2.75. The van der Waals surface area contributed by atoms with E-state index in [1.54, 1.807) is 30.3 Å². The quantitative estimate of drug-likeness (QED) is 0.350. The molecule has 1 aliphatic heterocycles. The summed E-state index contributed by atoms with van der Waals surface area (Å²) in [5.74, 6) is -0.0490. The van der Waals surface area contributed by atoms with Crippen molar-refractivity contribution in [2.24, 2.45) is 0 Å². The maximum Gasteiger partial charge on any atom is 0.254 e. The largest absolute Gasteiger partial charge is 0.356 e. The summed E-state index contributed by atoms with van der Waals surface area (Å²) in [7, 11) is 0. The van der Waals surface area contributed by atoms with E-state index in [1.807, 2.05) is 29.2 Å². The topological polar surface area (TPSA) is 36.1 Å². The molecule has 1 atom stereocenters. The van der Waals surface area contributed by atoms with Crippen LogP contribution in [0.15, 0.2) is 66.7 Å². The third-order valence-electron chi connectivity index (χ3n) is 5.65. The van der Waals surface area contributed by atoms with Gasteiger partial charge in [-0.2, -0.15) is 0 Å². The number of benzene rings is 3. The standard InChI is InChI=1S/C24H17Cl3N2O/c25-16-8-5-14(6-9-16)24(30)29-12-11-18-17-3-1-2-4-21(17)28-22(18)23(29)15-7-10-19(26)20(27)13-15/h1-10,13,23,28H,11-12H2. The van der Waals surface area contributed by atoms with E-state index >= 15 is 0 Å². The van der Waals surface area contributed by atoms with Gasteiger partial charge in [0.2, 0.25) is 0 Å². The van der Waals surface area contributed by atoms with Gasteiger partial charge in [0.25, 0.3) is 5.91 Å². The lowest BCUT2D eigenvalue weighted by molar-refractivity contribution is 0.0692. The van der Waals surface area contributed by atoms with Gasteiger partial charge in [-0.1, -0.05) is 59.1 Å². The summed E-state index contributed by atoms with van der Waals surface area (Å²) in [6, 6.07) is 20.5. The molecular weight excluding hydrogens is 439 g/mol. The van der Waals surface area contributed by atoms with Gasteiger partial charge >= 0.3 is 0 Å². The van der Waals surface area contributed by atoms with Crippen LogP contribution in [-0.2, 0) is 6.42 Å². The van der Waals surface area contributed by atoms with Crippen molar-refractivity contribution >= 4 is 51.6 Å². The smallest absolute Gasteiger partial charge is 0.254 e. The second-order valence-corrected chi connectivity index (χ2v) is 8.65. The van der Waals surface area contributed by atoms with Crippen LogP contribution in [0.4, 0.5) is 0 Å². The number of H-pyrrole nitrogens is 1. The Labute approximate surface area is 189 Å². The zero-order valence-corrected chi connectivity index (χ0v) is 18.1. The van der Waals surface area contributed by atoms with Crippen LogP contribution < -0.4 is 0 Å². The number of hydrogen-bond acceptors (Lipinski definition) is 1. The predicted octanol–water partition coefficient (Wildman–Crippen LogP) is 6.92. The Morgan fingerprint density at radius 2 is 1.70 bits per heavy atom. The van der Waals surface area contributed by atoms with E-state index in [1.165, 1.54) is 10.9 Å². The second-order valence-electron chi connectivity index (χ2n) is 7.39. The van der Waals surface area contributed by atoms with Crippen LogP contribution in [0.25, 0.3) is 10.9 Å². The van der Waals surface area contributed by atoms with Crippen molar-refractivity contribution in [1.82, 2.24) is 9.88 Å². The maximum absolute atomic E-state index is 13.5. The van der Waals surface area contributed by atoms with Gasteiger partial charge in [-0.15, -0.1) is 0 Å². The summed E-state index contributed by atoms with van der Waals surface area (Å²) in [6.45, 7) is 0.598. The Bertz CT molecular complexity index is 1260. The molecule has 150 valence electrons. The zero-order chi connectivity index (χ0) is 20.8. The highest BCUT2D eigenvalue weighted by atomic mass is 35.5. The van der Waals surface area contributed by atoms with Crippen molar-refractivity contribution in [3.05, 3.63) is 104 Å². The number of rotatable bonds is 2. The first-order valence-corrected chi connectivity index (χ1v) is 10.8. The highest BCUT2D eigenvalue weighted by Gasteiger charge is 2.35. The van der Waals surface area contributed by atoms with Gasteiger partial charge < -0.3 is 9.88 Å². The average Bonchev–Trinajstić information content (AvgIpc) is 3.14. The van der Waals surface area contributed by atoms with Crippen LogP contribution >= 0.6 is 34.8 Å². The number of halogens is 3. The number of aromatic nitrogens is 1. The molecule has 6 heteroatoms. The Balaban J connectivity index is 1.67. The number of carbonyl (C=O) groups is 1. The van der Waals surface area contributed by atoms with Gasteiger partial charge in [-0.25, -0.2) is 0 Å². The number of para-hydroxylation sites is 1. The van der Waals surface area contributed by atoms with Gasteiger partial charge in [-0.05, 0) is 60.0 Å². The third kappa shape index (κ3) is 3.27. The number of aromatic amines is 1. The van der Waals surface area contributed by atoms with Crippen molar-refractivity contribution in [3.8, 4) is 0 Å². The van der Waals surface area contributed by atoms with E-state index in [0.717, 1.165) is 23.2 Å². The minimum absolute atomic E-state index is 0.0490. The molecule has 3 aromatic carbocycles. The highest BCUT2D eigenvalue weighted by Crippen LogP contribution is 2.40. The van der Waals surface area contributed by atoms with Crippen LogP contribution in [0.3, 0.4) is 0 Å². The van der Waals surface area contributed by atoms with Crippen LogP contribution in [0.5, 0.6) is 0 Å². The molecule has 1 amide bonds. The Morgan fingerprint density at radius 1 is 0.933 bits per heavy atom. The van der Waals surface area contributed by atoms with Gasteiger partial charge in [0.05, 0.1) is 16.1 Å². The van der Waals surface area contributed by atoms with Crippen molar-refractivity contribution in [3.63, 3.8) is 0 Å². The first-order valence-electron chi connectivity index (χ1n) is 9.64.